The van der Waals surface area contributed by atoms with Crippen molar-refractivity contribution in [3.05, 3.63) is 47.5 Å². The number of carbonyl (C=O) groups excluding carboxylic acids is 1. The first-order valence-electron chi connectivity index (χ1n) is 6.34. The third kappa shape index (κ3) is 4.12. The molecule has 2 amide bonds. The van der Waals surface area contributed by atoms with Crippen LogP contribution in [-0.4, -0.2) is 23.7 Å². The summed E-state index contributed by atoms with van der Waals surface area (Å²) in [5.41, 5.74) is 0.135. The van der Waals surface area contributed by atoms with Crippen LogP contribution in [0.1, 0.15) is 26.3 Å². The predicted molar refractivity (Wildman–Crippen MR) is 77.4 cm³/mol. The summed E-state index contributed by atoms with van der Waals surface area (Å²) in [6, 6.07) is 8.09. The van der Waals surface area contributed by atoms with E-state index in [1.807, 2.05) is 19.9 Å². The van der Waals surface area contributed by atoms with Gasteiger partial charge in [0, 0.05) is 6.54 Å². The molecule has 0 spiro atoms. The van der Waals surface area contributed by atoms with Crippen molar-refractivity contribution in [3.8, 4) is 0 Å². The molecule has 1 rings (SSSR count). The summed E-state index contributed by atoms with van der Waals surface area (Å²) in [5, 5.41) is 14.5. The van der Waals surface area contributed by atoms with Gasteiger partial charge in [0.1, 0.15) is 0 Å². The Morgan fingerprint density at radius 3 is 2.35 bits per heavy atom. The smallest absolute Gasteiger partial charge is 0.333 e. The van der Waals surface area contributed by atoms with Crippen LogP contribution in [0, 0.1) is 0 Å². The Morgan fingerprint density at radius 1 is 1.25 bits per heavy atom. The van der Waals surface area contributed by atoms with E-state index in [2.05, 4.69) is 10.6 Å². The number of amides is 2. The molecular formula is C15H20N2O3. The summed E-state index contributed by atoms with van der Waals surface area (Å²) in [6.07, 6.45) is 1.85. The van der Waals surface area contributed by atoms with Crippen molar-refractivity contribution in [2.45, 2.75) is 26.3 Å². The Balaban J connectivity index is 2.81. The predicted octanol–water partition coefficient (Wildman–Crippen LogP) is 2.25. The molecule has 0 heterocycles. The molecule has 1 aromatic carbocycles. The lowest BCUT2D eigenvalue weighted by Crippen LogP contribution is -2.52. The second kappa shape index (κ2) is 6.75. The van der Waals surface area contributed by atoms with Gasteiger partial charge in [0.2, 0.25) is 0 Å². The zero-order valence-electron chi connectivity index (χ0n) is 11.9. The summed E-state index contributed by atoms with van der Waals surface area (Å²) in [7, 11) is 0. The minimum Gasteiger partial charge on any atom is -0.479 e. The van der Waals surface area contributed by atoms with Gasteiger partial charge >= 0.3 is 12.0 Å². The number of rotatable bonds is 5. The quantitative estimate of drug-likeness (QED) is 0.722. The van der Waals surface area contributed by atoms with Crippen molar-refractivity contribution in [3.63, 3.8) is 0 Å². The number of allylic oxidation sites excluding steroid dienone is 1. The van der Waals surface area contributed by atoms with Crippen LogP contribution < -0.4 is 10.6 Å². The lowest BCUT2D eigenvalue weighted by atomic mass is 9.92. The molecule has 0 aliphatic rings. The second-order valence-corrected chi connectivity index (χ2v) is 4.91. The summed E-state index contributed by atoms with van der Waals surface area (Å²) < 4.78 is 0. The van der Waals surface area contributed by atoms with Crippen LogP contribution in [0.15, 0.2) is 42.0 Å². The maximum absolute atomic E-state index is 11.8. The molecule has 5 heteroatoms. The van der Waals surface area contributed by atoms with Crippen molar-refractivity contribution in [2.24, 2.45) is 0 Å². The molecule has 20 heavy (non-hydrogen) atoms. The van der Waals surface area contributed by atoms with E-state index < -0.39 is 17.5 Å². The van der Waals surface area contributed by atoms with Crippen LogP contribution >= 0.6 is 0 Å². The first kappa shape index (κ1) is 15.8. The van der Waals surface area contributed by atoms with E-state index in [9.17, 15) is 14.7 Å². The van der Waals surface area contributed by atoms with Gasteiger partial charge < -0.3 is 15.7 Å². The molecule has 1 unspecified atom stereocenters. The molecule has 108 valence electrons. The van der Waals surface area contributed by atoms with Crippen molar-refractivity contribution < 1.29 is 14.7 Å². The average molecular weight is 276 g/mol. The van der Waals surface area contributed by atoms with E-state index in [1.54, 1.807) is 30.3 Å². The van der Waals surface area contributed by atoms with Crippen LogP contribution in [-0.2, 0) is 10.3 Å². The van der Waals surface area contributed by atoms with Gasteiger partial charge in [-0.05, 0) is 26.3 Å². The number of urea groups is 1. The van der Waals surface area contributed by atoms with Crippen LogP contribution in [0.3, 0.4) is 0 Å². The Bertz CT molecular complexity index is 507. The highest BCUT2D eigenvalue weighted by molar-refractivity contribution is 5.87. The van der Waals surface area contributed by atoms with Crippen molar-refractivity contribution >= 4 is 12.0 Å². The molecule has 0 aliphatic carbocycles. The SMILES string of the molecule is CC(C)=CCNC(=O)NC(C)(C(=O)O)c1ccccc1. The number of carboxylic acid groups (broad SMARTS) is 1. The fourth-order valence-electron chi connectivity index (χ4n) is 1.64. The summed E-state index contributed by atoms with van der Waals surface area (Å²) in [4.78, 5) is 23.3. The molecule has 1 aromatic rings. The lowest BCUT2D eigenvalue weighted by molar-refractivity contribution is -0.144. The zero-order chi connectivity index (χ0) is 15.2. The summed E-state index contributed by atoms with van der Waals surface area (Å²) >= 11 is 0. The largest absolute Gasteiger partial charge is 0.479 e. The Labute approximate surface area is 118 Å². The molecule has 0 bridgehead atoms. The highest BCUT2D eigenvalue weighted by atomic mass is 16.4. The topological polar surface area (TPSA) is 78.4 Å². The molecule has 0 radical (unpaired) electrons. The van der Waals surface area contributed by atoms with Crippen LogP contribution in [0.4, 0.5) is 4.79 Å². The number of carbonyl (C=O) groups is 2. The number of aliphatic carboxylic acids is 1. The van der Waals surface area contributed by atoms with Gasteiger partial charge in [-0.25, -0.2) is 9.59 Å². The van der Waals surface area contributed by atoms with Gasteiger partial charge in [-0.3, -0.25) is 0 Å². The zero-order valence-corrected chi connectivity index (χ0v) is 11.9. The molecule has 0 aromatic heterocycles. The van der Waals surface area contributed by atoms with Gasteiger partial charge in [0.25, 0.3) is 0 Å². The molecule has 5 nitrogen and oxygen atoms in total. The van der Waals surface area contributed by atoms with E-state index >= 15 is 0 Å². The summed E-state index contributed by atoms with van der Waals surface area (Å²) in [6.45, 7) is 5.67. The minimum atomic E-state index is -1.46. The molecule has 1 atom stereocenters. The number of nitrogens with one attached hydrogen (secondary N) is 2. The number of hydrogen-bond donors (Lipinski definition) is 3. The van der Waals surface area contributed by atoms with Crippen molar-refractivity contribution in [2.75, 3.05) is 6.54 Å². The van der Waals surface area contributed by atoms with E-state index in [1.165, 1.54) is 6.92 Å². The maximum atomic E-state index is 11.8. The first-order valence-corrected chi connectivity index (χ1v) is 6.34. The average Bonchev–Trinajstić information content (AvgIpc) is 2.38. The van der Waals surface area contributed by atoms with Gasteiger partial charge in [-0.2, -0.15) is 0 Å². The van der Waals surface area contributed by atoms with Gasteiger partial charge in [0.15, 0.2) is 5.54 Å². The Hall–Kier alpha value is -2.30. The molecule has 3 N–H and O–H groups in total. The van der Waals surface area contributed by atoms with E-state index in [-0.39, 0.29) is 0 Å². The monoisotopic (exact) mass is 276 g/mol. The minimum absolute atomic E-state index is 0.360. The number of benzene rings is 1. The van der Waals surface area contributed by atoms with Gasteiger partial charge in [-0.1, -0.05) is 42.0 Å². The fraction of sp³-hybridized carbons (Fsp3) is 0.333. The first-order chi connectivity index (χ1) is 9.36. The third-order valence-electron chi connectivity index (χ3n) is 2.92. The van der Waals surface area contributed by atoms with Crippen molar-refractivity contribution in [1.82, 2.24) is 10.6 Å². The number of carboxylic acids is 1. The van der Waals surface area contributed by atoms with Crippen LogP contribution in [0.5, 0.6) is 0 Å². The Kier molecular flexibility index (Phi) is 5.32. The molecule has 0 aliphatic heterocycles. The van der Waals surface area contributed by atoms with E-state index in [4.69, 9.17) is 0 Å². The summed E-state index contributed by atoms with van der Waals surface area (Å²) in [5.74, 6) is -1.11. The second-order valence-electron chi connectivity index (χ2n) is 4.91. The highest BCUT2D eigenvalue weighted by Gasteiger charge is 2.36. The number of hydrogen-bond acceptors (Lipinski definition) is 2. The normalized spacial score (nSPS) is 12.9. The van der Waals surface area contributed by atoms with Crippen molar-refractivity contribution in [1.29, 1.82) is 0 Å². The Morgan fingerprint density at radius 2 is 1.85 bits per heavy atom. The van der Waals surface area contributed by atoms with Gasteiger partial charge in [-0.15, -0.1) is 0 Å². The molecule has 0 fully saturated rings. The van der Waals surface area contributed by atoms with Crippen LogP contribution in [0.2, 0.25) is 0 Å². The lowest BCUT2D eigenvalue weighted by Gasteiger charge is -2.26. The van der Waals surface area contributed by atoms with E-state index in [0.29, 0.717) is 12.1 Å². The molecular weight excluding hydrogens is 256 g/mol. The van der Waals surface area contributed by atoms with Gasteiger partial charge in [0.05, 0.1) is 0 Å². The fourth-order valence-corrected chi connectivity index (χ4v) is 1.64. The maximum Gasteiger partial charge on any atom is 0.333 e. The highest BCUT2D eigenvalue weighted by Crippen LogP contribution is 2.20. The van der Waals surface area contributed by atoms with Crippen LogP contribution in [0.25, 0.3) is 0 Å². The third-order valence-corrected chi connectivity index (χ3v) is 2.92. The van der Waals surface area contributed by atoms with E-state index in [0.717, 1.165) is 5.57 Å². The molecule has 0 saturated heterocycles. The molecule has 0 saturated carbocycles. The standard InChI is InChI=1S/C15H20N2O3/c1-11(2)9-10-16-14(20)17-15(3,13(18)19)12-7-5-4-6-8-12/h4-9H,10H2,1-3H3,(H,18,19)(H2,16,17,20).